The molecule has 0 radical (unpaired) electrons. The second-order valence-corrected chi connectivity index (χ2v) is 5.59. The lowest BCUT2D eigenvalue weighted by atomic mass is 9.98. The third-order valence-corrected chi connectivity index (χ3v) is 4.34. The van der Waals surface area contributed by atoms with Crippen LogP contribution in [-0.2, 0) is 17.8 Å². The van der Waals surface area contributed by atoms with Gasteiger partial charge in [0.2, 0.25) is 0 Å². The van der Waals surface area contributed by atoms with Gasteiger partial charge in [-0.1, -0.05) is 13.8 Å². The van der Waals surface area contributed by atoms with E-state index in [1.807, 2.05) is 6.92 Å². The lowest BCUT2D eigenvalue weighted by Gasteiger charge is -2.11. The van der Waals surface area contributed by atoms with Crippen LogP contribution in [0.5, 0.6) is 0 Å². The first kappa shape index (κ1) is 9.87. The molecule has 0 unspecified atom stereocenters. The van der Waals surface area contributed by atoms with Crippen LogP contribution in [0.4, 0.5) is 0 Å². The van der Waals surface area contributed by atoms with E-state index < -0.39 is 5.97 Å². The summed E-state index contributed by atoms with van der Waals surface area (Å²) in [4.78, 5) is 10.6. The number of rotatable bonds is 2. The standard InChI is InChI=1S/C12H16N2O2/c1-6-10-8(14(13-6)5-9(15)16)4-7-11(10)12(7,2)3/h7,11H,4-5H2,1-3H3,(H,15,16)/p-1/t7-,11-/m1/s1. The van der Waals surface area contributed by atoms with E-state index in [9.17, 15) is 9.90 Å². The van der Waals surface area contributed by atoms with Gasteiger partial charge in [0.15, 0.2) is 0 Å². The Morgan fingerprint density at radius 1 is 1.62 bits per heavy atom. The molecule has 0 aromatic carbocycles. The Kier molecular flexibility index (Phi) is 1.65. The average molecular weight is 219 g/mol. The molecule has 0 amide bonds. The van der Waals surface area contributed by atoms with E-state index in [0.29, 0.717) is 17.3 Å². The van der Waals surface area contributed by atoms with Gasteiger partial charge in [0.1, 0.15) is 0 Å². The van der Waals surface area contributed by atoms with Crippen LogP contribution in [-0.4, -0.2) is 15.7 Å². The smallest absolute Gasteiger partial charge is 0.0807 e. The van der Waals surface area contributed by atoms with Gasteiger partial charge in [0.25, 0.3) is 0 Å². The summed E-state index contributed by atoms with van der Waals surface area (Å²) in [7, 11) is 0. The van der Waals surface area contributed by atoms with Crippen LogP contribution in [0.1, 0.15) is 36.7 Å². The minimum absolute atomic E-state index is 0.115. The second kappa shape index (κ2) is 2.67. The molecule has 0 N–H and O–H groups in total. The lowest BCUT2D eigenvalue weighted by molar-refractivity contribution is -0.306. The van der Waals surface area contributed by atoms with Crippen LogP contribution in [0, 0.1) is 18.3 Å². The summed E-state index contributed by atoms with van der Waals surface area (Å²) in [5.41, 5.74) is 3.80. The highest BCUT2D eigenvalue weighted by Gasteiger charge is 2.63. The summed E-state index contributed by atoms with van der Waals surface area (Å²) in [6.07, 6.45) is 0.973. The fraction of sp³-hybridized carbons (Fsp3) is 0.667. The van der Waals surface area contributed by atoms with Gasteiger partial charge in [-0.2, -0.15) is 5.10 Å². The van der Waals surface area contributed by atoms with E-state index in [1.54, 1.807) is 4.68 Å². The van der Waals surface area contributed by atoms with E-state index in [-0.39, 0.29) is 6.54 Å². The van der Waals surface area contributed by atoms with E-state index in [1.165, 1.54) is 5.56 Å². The summed E-state index contributed by atoms with van der Waals surface area (Å²) in [5, 5.41) is 14.9. The number of aliphatic carboxylic acids is 1. The zero-order valence-electron chi connectivity index (χ0n) is 9.78. The van der Waals surface area contributed by atoms with Crippen molar-refractivity contribution in [2.24, 2.45) is 11.3 Å². The monoisotopic (exact) mass is 219 g/mol. The van der Waals surface area contributed by atoms with Crippen LogP contribution < -0.4 is 5.11 Å². The number of aryl methyl sites for hydroxylation is 1. The predicted octanol–water partition coefficient (Wildman–Crippen LogP) is 0.237. The van der Waals surface area contributed by atoms with E-state index >= 15 is 0 Å². The molecule has 0 spiro atoms. The maximum Gasteiger partial charge on any atom is 0.0807 e. The first-order valence-electron chi connectivity index (χ1n) is 5.69. The molecule has 0 bridgehead atoms. The highest BCUT2D eigenvalue weighted by molar-refractivity contribution is 5.64. The van der Waals surface area contributed by atoms with Gasteiger partial charge < -0.3 is 9.90 Å². The summed E-state index contributed by atoms with van der Waals surface area (Å²) in [6, 6.07) is 0. The number of carbonyl (C=O) groups excluding carboxylic acids is 1. The van der Waals surface area contributed by atoms with Crippen molar-refractivity contribution in [1.29, 1.82) is 0 Å². The Morgan fingerprint density at radius 2 is 2.31 bits per heavy atom. The molecule has 0 aliphatic heterocycles. The molecule has 0 saturated heterocycles. The van der Waals surface area contributed by atoms with Crippen molar-refractivity contribution in [1.82, 2.24) is 9.78 Å². The summed E-state index contributed by atoms with van der Waals surface area (Å²) >= 11 is 0. The van der Waals surface area contributed by atoms with Gasteiger partial charge in [-0.15, -0.1) is 0 Å². The van der Waals surface area contributed by atoms with Crippen molar-refractivity contribution in [3.8, 4) is 0 Å². The molecule has 4 heteroatoms. The summed E-state index contributed by atoms with van der Waals surface area (Å²) in [5.74, 6) is 0.218. The third kappa shape index (κ3) is 1.05. The Bertz CT molecular complexity index is 487. The molecule has 16 heavy (non-hydrogen) atoms. The molecule has 1 aromatic heterocycles. The molecule has 1 fully saturated rings. The first-order valence-corrected chi connectivity index (χ1v) is 5.69. The van der Waals surface area contributed by atoms with E-state index in [0.717, 1.165) is 17.8 Å². The maximum atomic E-state index is 10.6. The number of nitrogens with zero attached hydrogens (tertiary/aromatic N) is 2. The Labute approximate surface area is 94.3 Å². The Morgan fingerprint density at radius 3 is 2.94 bits per heavy atom. The van der Waals surface area contributed by atoms with Crippen molar-refractivity contribution in [2.45, 2.75) is 39.7 Å². The number of hydrogen-bond acceptors (Lipinski definition) is 3. The van der Waals surface area contributed by atoms with Gasteiger partial charge in [-0.25, -0.2) is 0 Å². The molecule has 1 saturated carbocycles. The minimum Gasteiger partial charge on any atom is -0.548 e. The van der Waals surface area contributed by atoms with Crippen molar-refractivity contribution >= 4 is 5.97 Å². The SMILES string of the molecule is Cc1nn(CC(=O)[O-])c2c1[C@H]1[C@@H](C2)C1(C)C. The molecule has 1 heterocycles. The van der Waals surface area contributed by atoms with Crippen molar-refractivity contribution in [2.75, 3.05) is 0 Å². The van der Waals surface area contributed by atoms with Crippen LogP contribution in [0.15, 0.2) is 0 Å². The fourth-order valence-electron chi connectivity index (χ4n) is 3.42. The lowest BCUT2D eigenvalue weighted by Crippen LogP contribution is -2.28. The molecular formula is C12H15N2O2-. The molecular weight excluding hydrogens is 204 g/mol. The second-order valence-electron chi connectivity index (χ2n) is 5.59. The third-order valence-electron chi connectivity index (χ3n) is 4.34. The van der Waals surface area contributed by atoms with Gasteiger partial charge in [0, 0.05) is 11.3 Å². The summed E-state index contributed by atoms with van der Waals surface area (Å²) < 4.78 is 1.61. The molecule has 3 rings (SSSR count). The number of carbonyl (C=O) groups is 1. The Balaban J connectivity index is 2.01. The number of aromatic nitrogens is 2. The molecule has 4 nitrogen and oxygen atoms in total. The molecule has 2 aliphatic carbocycles. The highest BCUT2D eigenvalue weighted by Crippen LogP contribution is 2.70. The Hall–Kier alpha value is -1.32. The number of carboxylic acids is 1. The zero-order valence-corrected chi connectivity index (χ0v) is 9.78. The molecule has 86 valence electrons. The highest BCUT2D eigenvalue weighted by atomic mass is 16.4. The van der Waals surface area contributed by atoms with Crippen molar-refractivity contribution in [3.63, 3.8) is 0 Å². The normalized spacial score (nSPS) is 28.7. The predicted molar refractivity (Wildman–Crippen MR) is 55.7 cm³/mol. The zero-order chi connectivity index (χ0) is 11.7. The molecule has 2 aliphatic rings. The van der Waals surface area contributed by atoms with E-state index in [4.69, 9.17) is 0 Å². The van der Waals surface area contributed by atoms with Gasteiger partial charge in [-0.3, -0.25) is 4.68 Å². The van der Waals surface area contributed by atoms with Crippen LogP contribution in [0.3, 0.4) is 0 Å². The van der Waals surface area contributed by atoms with Crippen LogP contribution >= 0.6 is 0 Å². The number of fused-ring (bicyclic) bond motifs is 3. The molecule has 2 atom stereocenters. The van der Waals surface area contributed by atoms with Crippen molar-refractivity contribution < 1.29 is 9.90 Å². The van der Waals surface area contributed by atoms with Gasteiger partial charge >= 0.3 is 0 Å². The minimum atomic E-state index is -1.06. The number of carboxylic acid groups (broad SMARTS) is 1. The van der Waals surface area contributed by atoms with Gasteiger partial charge in [0.05, 0.1) is 18.2 Å². The number of hydrogen-bond donors (Lipinski definition) is 0. The van der Waals surface area contributed by atoms with Crippen molar-refractivity contribution in [3.05, 3.63) is 17.0 Å². The van der Waals surface area contributed by atoms with Gasteiger partial charge in [-0.05, 0) is 30.6 Å². The quantitative estimate of drug-likeness (QED) is 0.715. The van der Waals surface area contributed by atoms with Crippen LogP contribution in [0.2, 0.25) is 0 Å². The largest absolute Gasteiger partial charge is 0.548 e. The maximum absolute atomic E-state index is 10.6. The molecule has 1 aromatic rings. The topological polar surface area (TPSA) is 58.0 Å². The average Bonchev–Trinajstić information content (AvgIpc) is 2.52. The summed E-state index contributed by atoms with van der Waals surface area (Å²) in [6.45, 7) is 6.42. The first-order chi connectivity index (χ1) is 7.43. The van der Waals surface area contributed by atoms with Crippen LogP contribution in [0.25, 0.3) is 0 Å². The fourth-order valence-corrected chi connectivity index (χ4v) is 3.42. The van der Waals surface area contributed by atoms with E-state index in [2.05, 4.69) is 18.9 Å².